The fourth-order valence-corrected chi connectivity index (χ4v) is 5.16. The van der Waals surface area contributed by atoms with Gasteiger partial charge in [0.2, 0.25) is 0 Å². The van der Waals surface area contributed by atoms with Crippen LogP contribution < -0.4 is 0 Å². The summed E-state index contributed by atoms with van der Waals surface area (Å²) in [5.74, 6) is 1.07. The molecule has 0 aromatic heterocycles. The maximum Gasteiger partial charge on any atom is 0.138 e. The maximum atomic E-state index is 12.4. The Bertz CT molecular complexity index is 830. The summed E-state index contributed by atoms with van der Waals surface area (Å²) in [6, 6.07) is 17.4. The van der Waals surface area contributed by atoms with Crippen molar-refractivity contribution < 1.29 is 4.79 Å². The van der Waals surface area contributed by atoms with E-state index in [2.05, 4.69) is 54.6 Å². The van der Waals surface area contributed by atoms with Gasteiger partial charge in [0, 0.05) is 18.3 Å². The summed E-state index contributed by atoms with van der Waals surface area (Å²) in [5, 5.41) is 0. The molecule has 3 aliphatic rings. The predicted molar refractivity (Wildman–Crippen MR) is 92.3 cm³/mol. The Morgan fingerprint density at radius 3 is 2.57 bits per heavy atom. The standard InChI is InChI=1S/C22H20O/c23-20-11-18-8-7-17(16-4-2-1-3-5-16)12-21(18)22(14-20)13-15-6-9-19(22)10-15/h1-8,12,19H,9-11,13-14H2. The summed E-state index contributed by atoms with van der Waals surface area (Å²) in [6.07, 6.45) is 7.27. The van der Waals surface area contributed by atoms with Gasteiger partial charge in [-0.1, -0.05) is 60.2 Å². The topological polar surface area (TPSA) is 17.1 Å². The Labute approximate surface area is 137 Å². The number of ketones is 1. The van der Waals surface area contributed by atoms with Crippen LogP contribution in [0.3, 0.4) is 0 Å². The van der Waals surface area contributed by atoms with Gasteiger partial charge in [-0.15, -0.1) is 0 Å². The highest BCUT2D eigenvalue weighted by molar-refractivity contribution is 5.86. The average Bonchev–Trinajstić information content (AvgIpc) is 3.16. The first-order valence-corrected chi connectivity index (χ1v) is 8.63. The third-order valence-electron chi connectivity index (χ3n) is 6.18. The molecule has 5 rings (SSSR count). The molecule has 2 aromatic rings. The SMILES string of the molecule is O=C1Cc2ccc(-c3ccccc3)cc2C2(C1)CC1=CCC2C1. The van der Waals surface area contributed by atoms with Gasteiger partial charge < -0.3 is 0 Å². The molecule has 0 saturated heterocycles. The minimum atomic E-state index is 0.0968. The van der Waals surface area contributed by atoms with Crippen molar-refractivity contribution in [1.82, 2.24) is 0 Å². The molecule has 2 unspecified atom stereocenters. The lowest BCUT2D eigenvalue weighted by Crippen LogP contribution is -2.39. The van der Waals surface area contributed by atoms with E-state index in [9.17, 15) is 4.79 Å². The van der Waals surface area contributed by atoms with E-state index in [1.165, 1.54) is 28.7 Å². The Hall–Kier alpha value is -2.15. The molecule has 2 aromatic carbocycles. The molecule has 0 heterocycles. The second-order valence-electron chi connectivity index (χ2n) is 7.46. The molecule has 1 fully saturated rings. The monoisotopic (exact) mass is 300 g/mol. The molecule has 114 valence electrons. The number of fused-ring (bicyclic) bond motifs is 5. The Morgan fingerprint density at radius 2 is 1.83 bits per heavy atom. The first-order chi connectivity index (χ1) is 11.2. The summed E-state index contributed by atoms with van der Waals surface area (Å²) >= 11 is 0. The molecule has 0 N–H and O–H groups in total. The second-order valence-corrected chi connectivity index (χ2v) is 7.46. The van der Waals surface area contributed by atoms with E-state index in [0.29, 0.717) is 18.1 Å². The largest absolute Gasteiger partial charge is 0.299 e. The summed E-state index contributed by atoms with van der Waals surface area (Å²) in [5.41, 5.74) is 6.97. The fraction of sp³-hybridized carbons (Fsp3) is 0.318. The number of carbonyl (C=O) groups is 1. The summed E-state index contributed by atoms with van der Waals surface area (Å²) in [7, 11) is 0. The molecule has 23 heavy (non-hydrogen) atoms. The minimum Gasteiger partial charge on any atom is -0.299 e. The highest BCUT2D eigenvalue weighted by atomic mass is 16.1. The minimum absolute atomic E-state index is 0.0968. The van der Waals surface area contributed by atoms with Gasteiger partial charge in [-0.25, -0.2) is 0 Å². The molecule has 1 spiro atoms. The average molecular weight is 300 g/mol. The lowest BCUT2D eigenvalue weighted by Gasteiger charge is -2.41. The first-order valence-electron chi connectivity index (χ1n) is 8.63. The van der Waals surface area contributed by atoms with Crippen molar-refractivity contribution in [2.75, 3.05) is 0 Å². The van der Waals surface area contributed by atoms with Gasteiger partial charge >= 0.3 is 0 Å². The van der Waals surface area contributed by atoms with E-state index in [4.69, 9.17) is 0 Å². The second kappa shape index (κ2) is 4.67. The molecule has 2 atom stereocenters. The molecular formula is C22H20O. The van der Waals surface area contributed by atoms with Crippen LogP contribution in [0, 0.1) is 5.92 Å². The number of hydrogen-bond donors (Lipinski definition) is 0. The van der Waals surface area contributed by atoms with Gasteiger partial charge in [0.25, 0.3) is 0 Å². The van der Waals surface area contributed by atoms with E-state index >= 15 is 0 Å². The molecule has 1 heteroatoms. The summed E-state index contributed by atoms with van der Waals surface area (Å²) in [4.78, 5) is 12.4. The summed E-state index contributed by atoms with van der Waals surface area (Å²) in [6.45, 7) is 0. The van der Waals surface area contributed by atoms with E-state index in [1.54, 1.807) is 5.57 Å². The normalized spacial score (nSPS) is 28.1. The third-order valence-corrected chi connectivity index (χ3v) is 6.18. The Balaban J connectivity index is 1.68. The van der Waals surface area contributed by atoms with E-state index in [1.807, 2.05) is 0 Å². The molecule has 0 radical (unpaired) electrons. The van der Waals surface area contributed by atoms with Gasteiger partial charge in [-0.3, -0.25) is 4.79 Å². The first kappa shape index (κ1) is 13.3. The lowest BCUT2D eigenvalue weighted by atomic mass is 9.62. The van der Waals surface area contributed by atoms with Crippen molar-refractivity contribution in [3.63, 3.8) is 0 Å². The molecule has 1 nitrogen and oxygen atoms in total. The molecule has 3 aliphatic carbocycles. The number of allylic oxidation sites excluding steroid dienone is 2. The zero-order chi connectivity index (χ0) is 15.4. The van der Waals surface area contributed by atoms with Crippen LogP contribution in [0.2, 0.25) is 0 Å². The van der Waals surface area contributed by atoms with Crippen LogP contribution in [0.15, 0.2) is 60.2 Å². The van der Waals surface area contributed by atoms with Crippen molar-refractivity contribution in [2.45, 2.75) is 37.5 Å². The van der Waals surface area contributed by atoms with Crippen LogP contribution in [0.25, 0.3) is 11.1 Å². The summed E-state index contributed by atoms with van der Waals surface area (Å²) < 4.78 is 0. The molecule has 2 bridgehead atoms. The number of rotatable bonds is 1. The van der Waals surface area contributed by atoms with Gasteiger partial charge in [0.1, 0.15) is 5.78 Å². The van der Waals surface area contributed by atoms with Gasteiger partial charge in [0.15, 0.2) is 0 Å². The number of Topliss-reactive ketones (excluding diaryl/α,β-unsaturated/α-hetero) is 1. The molecular weight excluding hydrogens is 280 g/mol. The van der Waals surface area contributed by atoms with Crippen molar-refractivity contribution in [3.05, 3.63) is 71.3 Å². The van der Waals surface area contributed by atoms with Crippen LogP contribution in [0.5, 0.6) is 0 Å². The number of benzene rings is 2. The smallest absolute Gasteiger partial charge is 0.138 e. The number of hydrogen-bond acceptors (Lipinski definition) is 1. The zero-order valence-corrected chi connectivity index (χ0v) is 13.2. The number of carbonyl (C=O) groups excluding carboxylic acids is 1. The van der Waals surface area contributed by atoms with E-state index in [-0.39, 0.29) is 5.41 Å². The van der Waals surface area contributed by atoms with Gasteiger partial charge in [0.05, 0.1) is 0 Å². The predicted octanol–water partition coefficient (Wildman–Crippen LogP) is 4.85. The van der Waals surface area contributed by atoms with Crippen molar-refractivity contribution in [1.29, 1.82) is 0 Å². The highest BCUT2D eigenvalue weighted by Gasteiger charge is 2.51. The van der Waals surface area contributed by atoms with E-state index < -0.39 is 0 Å². The molecule has 0 aliphatic heterocycles. The van der Waals surface area contributed by atoms with Crippen LogP contribution in [-0.4, -0.2) is 5.78 Å². The molecule has 1 saturated carbocycles. The van der Waals surface area contributed by atoms with E-state index in [0.717, 1.165) is 19.3 Å². The van der Waals surface area contributed by atoms with Crippen LogP contribution >= 0.6 is 0 Å². The maximum absolute atomic E-state index is 12.4. The molecule has 0 amide bonds. The van der Waals surface area contributed by atoms with Crippen LogP contribution in [-0.2, 0) is 16.6 Å². The quantitative estimate of drug-likeness (QED) is 0.688. The highest BCUT2D eigenvalue weighted by Crippen LogP contribution is 2.58. The van der Waals surface area contributed by atoms with Crippen LogP contribution in [0.1, 0.15) is 36.8 Å². The van der Waals surface area contributed by atoms with Gasteiger partial charge in [-0.2, -0.15) is 0 Å². The Morgan fingerprint density at radius 1 is 0.957 bits per heavy atom. The zero-order valence-electron chi connectivity index (χ0n) is 13.2. The fourth-order valence-electron chi connectivity index (χ4n) is 5.16. The lowest BCUT2D eigenvalue weighted by molar-refractivity contribution is -0.120. The Kier molecular flexibility index (Phi) is 2.70. The van der Waals surface area contributed by atoms with Crippen LogP contribution in [0.4, 0.5) is 0 Å². The van der Waals surface area contributed by atoms with Crippen molar-refractivity contribution in [3.8, 4) is 11.1 Å². The third kappa shape index (κ3) is 1.89. The van der Waals surface area contributed by atoms with Crippen molar-refractivity contribution in [2.24, 2.45) is 5.92 Å². The van der Waals surface area contributed by atoms with Crippen molar-refractivity contribution >= 4 is 5.78 Å². The van der Waals surface area contributed by atoms with Gasteiger partial charge in [-0.05, 0) is 47.4 Å².